The molecule has 1 heterocycles. The van der Waals surface area contributed by atoms with E-state index in [2.05, 4.69) is 11.1 Å². The molecule has 0 aliphatic carbocycles. The fourth-order valence-electron chi connectivity index (χ4n) is 2.53. The van der Waals surface area contributed by atoms with Crippen LogP contribution in [-0.2, 0) is 6.54 Å². The third kappa shape index (κ3) is 3.04. The zero-order valence-corrected chi connectivity index (χ0v) is 13.8. The van der Waals surface area contributed by atoms with Crippen molar-refractivity contribution in [3.8, 4) is 6.07 Å². The van der Waals surface area contributed by atoms with E-state index in [-0.39, 0.29) is 0 Å². The number of aliphatic hydroxyl groups is 1. The van der Waals surface area contributed by atoms with E-state index in [1.54, 1.807) is 43.3 Å². The average Bonchev–Trinajstić information content (AvgIpc) is 2.89. The van der Waals surface area contributed by atoms with Crippen LogP contribution in [0, 0.1) is 11.3 Å². The van der Waals surface area contributed by atoms with Crippen molar-refractivity contribution < 1.29 is 5.11 Å². The minimum atomic E-state index is -0.745. The highest BCUT2D eigenvalue weighted by Gasteiger charge is 2.16. The quantitative estimate of drug-likeness (QED) is 0.768. The molecule has 0 bridgehead atoms. The van der Waals surface area contributed by atoms with E-state index in [1.165, 1.54) is 0 Å². The van der Waals surface area contributed by atoms with Crippen LogP contribution >= 0.6 is 23.2 Å². The van der Waals surface area contributed by atoms with E-state index in [1.807, 2.05) is 4.57 Å². The number of fused-ring (bicyclic) bond motifs is 1. The SMILES string of the molecule is CC(O)c1nc2ccc(C#N)cc2n1Cc1cc(Cl)ccc1Cl. The number of hydrogen-bond donors (Lipinski definition) is 1. The molecule has 0 amide bonds. The van der Waals surface area contributed by atoms with Crippen LogP contribution in [0.25, 0.3) is 11.0 Å². The summed E-state index contributed by atoms with van der Waals surface area (Å²) < 4.78 is 1.86. The van der Waals surface area contributed by atoms with Crippen LogP contribution in [0.1, 0.15) is 30.0 Å². The smallest absolute Gasteiger partial charge is 0.138 e. The zero-order chi connectivity index (χ0) is 16.6. The monoisotopic (exact) mass is 345 g/mol. The van der Waals surface area contributed by atoms with Crippen LogP contribution in [0.2, 0.25) is 10.0 Å². The van der Waals surface area contributed by atoms with Crippen molar-refractivity contribution in [2.75, 3.05) is 0 Å². The molecule has 2 aromatic carbocycles. The Morgan fingerprint density at radius 2 is 2.04 bits per heavy atom. The van der Waals surface area contributed by atoms with Crippen molar-refractivity contribution in [1.82, 2.24) is 9.55 Å². The maximum Gasteiger partial charge on any atom is 0.138 e. The van der Waals surface area contributed by atoms with E-state index in [0.29, 0.717) is 28.0 Å². The van der Waals surface area contributed by atoms with E-state index in [0.717, 1.165) is 16.6 Å². The predicted molar refractivity (Wildman–Crippen MR) is 90.6 cm³/mol. The van der Waals surface area contributed by atoms with Gasteiger partial charge < -0.3 is 9.67 Å². The Hall–Kier alpha value is -2.06. The summed E-state index contributed by atoms with van der Waals surface area (Å²) >= 11 is 12.3. The average molecular weight is 346 g/mol. The highest BCUT2D eigenvalue weighted by atomic mass is 35.5. The van der Waals surface area contributed by atoms with E-state index < -0.39 is 6.10 Å². The molecular weight excluding hydrogens is 333 g/mol. The summed E-state index contributed by atoms with van der Waals surface area (Å²) in [5, 5.41) is 20.3. The lowest BCUT2D eigenvalue weighted by molar-refractivity contribution is 0.185. The largest absolute Gasteiger partial charge is 0.385 e. The highest BCUT2D eigenvalue weighted by molar-refractivity contribution is 6.33. The van der Waals surface area contributed by atoms with Gasteiger partial charge in [-0.25, -0.2) is 4.98 Å². The molecule has 1 N–H and O–H groups in total. The number of halogens is 2. The topological polar surface area (TPSA) is 61.8 Å². The molecule has 0 aliphatic rings. The molecule has 0 aliphatic heterocycles. The Balaban J connectivity index is 2.19. The summed E-state index contributed by atoms with van der Waals surface area (Å²) in [6.07, 6.45) is -0.745. The summed E-state index contributed by atoms with van der Waals surface area (Å²) in [4.78, 5) is 4.46. The summed E-state index contributed by atoms with van der Waals surface area (Å²) in [5.41, 5.74) is 2.85. The van der Waals surface area contributed by atoms with Crippen LogP contribution in [0.3, 0.4) is 0 Å². The Morgan fingerprint density at radius 3 is 2.74 bits per heavy atom. The Kier molecular flexibility index (Phi) is 4.27. The summed E-state index contributed by atoms with van der Waals surface area (Å²) in [6.45, 7) is 2.06. The number of nitrogens with zero attached hydrogens (tertiary/aromatic N) is 3. The lowest BCUT2D eigenvalue weighted by Gasteiger charge is -2.12. The molecule has 116 valence electrons. The molecule has 0 radical (unpaired) electrons. The van der Waals surface area contributed by atoms with Crippen LogP contribution in [0.15, 0.2) is 36.4 Å². The molecule has 1 aromatic heterocycles. The molecule has 0 saturated carbocycles. The van der Waals surface area contributed by atoms with Crippen LogP contribution in [0.5, 0.6) is 0 Å². The van der Waals surface area contributed by atoms with Gasteiger partial charge in [-0.1, -0.05) is 23.2 Å². The van der Waals surface area contributed by atoms with Gasteiger partial charge in [-0.05, 0) is 48.9 Å². The number of aromatic nitrogens is 2. The maximum atomic E-state index is 10.0. The Bertz CT molecular complexity index is 925. The lowest BCUT2D eigenvalue weighted by atomic mass is 10.2. The van der Waals surface area contributed by atoms with Crippen molar-refractivity contribution in [3.05, 3.63) is 63.4 Å². The van der Waals surface area contributed by atoms with Gasteiger partial charge >= 0.3 is 0 Å². The van der Waals surface area contributed by atoms with Crippen LogP contribution in [-0.4, -0.2) is 14.7 Å². The standard InChI is InChI=1S/C17H13Cl2N3O/c1-10(23)17-21-15-5-2-11(8-20)6-16(15)22(17)9-12-7-13(18)3-4-14(12)19/h2-7,10,23H,9H2,1H3. The molecule has 0 saturated heterocycles. The van der Waals surface area contributed by atoms with Crippen molar-refractivity contribution in [2.24, 2.45) is 0 Å². The molecule has 1 atom stereocenters. The minimum Gasteiger partial charge on any atom is -0.385 e. The normalized spacial score (nSPS) is 12.3. The van der Waals surface area contributed by atoms with Crippen LogP contribution in [0.4, 0.5) is 0 Å². The van der Waals surface area contributed by atoms with Gasteiger partial charge in [0.2, 0.25) is 0 Å². The van der Waals surface area contributed by atoms with Gasteiger partial charge in [0.15, 0.2) is 0 Å². The number of rotatable bonds is 3. The number of nitriles is 1. The molecule has 6 heteroatoms. The molecular formula is C17H13Cl2N3O. The Morgan fingerprint density at radius 1 is 1.26 bits per heavy atom. The van der Waals surface area contributed by atoms with E-state index >= 15 is 0 Å². The van der Waals surface area contributed by atoms with Crippen LogP contribution < -0.4 is 0 Å². The third-order valence-electron chi connectivity index (χ3n) is 3.62. The first-order valence-electron chi connectivity index (χ1n) is 7.02. The molecule has 23 heavy (non-hydrogen) atoms. The third-order valence-corrected chi connectivity index (χ3v) is 4.22. The first-order chi connectivity index (χ1) is 11.0. The van der Waals surface area contributed by atoms with Gasteiger partial charge in [0.25, 0.3) is 0 Å². The van der Waals surface area contributed by atoms with Gasteiger partial charge in [0.1, 0.15) is 11.9 Å². The number of aliphatic hydroxyl groups excluding tert-OH is 1. The fourth-order valence-corrected chi connectivity index (χ4v) is 2.90. The lowest BCUT2D eigenvalue weighted by Crippen LogP contribution is -2.08. The number of benzene rings is 2. The molecule has 0 fully saturated rings. The zero-order valence-electron chi connectivity index (χ0n) is 12.3. The summed E-state index contributed by atoms with van der Waals surface area (Å²) in [5.74, 6) is 0.520. The minimum absolute atomic E-state index is 0.408. The van der Waals surface area contributed by atoms with Crippen molar-refractivity contribution in [3.63, 3.8) is 0 Å². The highest BCUT2D eigenvalue weighted by Crippen LogP contribution is 2.27. The number of hydrogen-bond acceptors (Lipinski definition) is 3. The second kappa shape index (κ2) is 6.21. The van der Waals surface area contributed by atoms with Gasteiger partial charge in [-0.3, -0.25) is 0 Å². The van der Waals surface area contributed by atoms with Crippen molar-refractivity contribution >= 4 is 34.2 Å². The summed E-state index contributed by atoms with van der Waals surface area (Å²) in [7, 11) is 0. The van der Waals surface area contributed by atoms with E-state index in [9.17, 15) is 5.11 Å². The van der Waals surface area contributed by atoms with Crippen molar-refractivity contribution in [1.29, 1.82) is 5.26 Å². The predicted octanol–water partition coefficient (Wildman–Crippen LogP) is 4.32. The van der Waals surface area contributed by atoms with Crippen molar-refractivity contribution in [2.45, 2.75) is 19.6 Å². The molecule has 3 aromatic rings. The second-order valence-corrected chi connectivity index (χ2v) is 6.13. The molecule has 1 unspecified atom stereocenters. The first kappa shape index (κ1) is 15.8. The maximum absolute atomic E-state index is 10.0. The van der Waals surface area contributed by atoms with E-state index in [4.69, 9.17) is 28.5 Å². The molecule has 3 rings (SSSR count). The number of imidazole rings is 1. The molecule has 4 nitrogen and oxygen atoms in total. The second-order valence-electron chi connectivity index (χ2n) is 5.28. The first-order valence-corrected chi connectivity index (χ1v) is 7.77. The van der Waals surface area contributed by atoms with Gasteiger partial charge in [-0.15, -0.1) is 0 Å². The summed E-state index contributed by atoms with van der Waals surface area (Å²) in [6, 6.07) is 12.6. The van der Waals surface area contributed by atoms with Gasteiger partial charge in [0, 0.05) is 10.0 Å². The molecule has 0 spiro atoms. The van der Waals surface area contributed by atoms with Gasteiger partial charge in [-0.2, -0.15) is 5.26 Å². The van der Waals surface area contributed by atoms with Gasteiger partial charge in [0.05, 0.1) is 29.2 Å². The Labute approximate surface area is 143 Å². The fraction of sp³-hybridized carbons (Fsp3) is 0.176.